The van der Waals surface area contributed by atoms with Crippen molar-refractivity contribution in [3.8, 4) is 0 Å². The molecule has 12 heteroatoms. The highest BCUT2D eigenvalue weighted by molar-refractivity contribution is 6.13. The third-order valence-corrected chi connectivity index (χ3v) is 5.65. The molecule has 0 saturated heterocycles. The number of anilines is 1. The number of carbonyl (C=O) groups is 6. The molecule has 1 aromatic carbocycles. The molecule has 200 valence electrons. The maximum atomic E-state index is 13.1. The molecule has 12 nitrogen and oxygen atoms in total. The molecule has 37 heavy (non-hydrogen) atoms. The first-order chi connectivity index (χ1) is 17.5. The molecule has 1 aliphatic rings. The number of hydrogen-bond donors (Lipinski definition) is 5. The number of aryl methyl sites for hydroxylation is 1. The van der Waals surface area contributed by atoms with Crippen LogP contribution in [0.2, 0.25) is 0 Å². The van der Waals surface area contributed by atoms with E-state index in [4.69, 9.17) is 5.73 Å². The topological polar surface area (TPSA) is 180 Å². The van der Waals surface area contributed by atoms with Gasteiger partial charge in [0.1, 0.15) is 12.1 Å². The molecule has 1 heterocycles. The average molecular weight is 515 g/mol. The number of hydrogen-bond acceptors (Lipinski definition) is 6. The van der Waals surface area contributed by atoms with Gasteiger partial charge in [-0.1, -0.05) is 31.5 Å². The molecule has 2 rings (SSSR count). The van der Waals surface area contributed by atoms with Crippen molar-refractivity contribution in [3.63, 3.8) is 0 Å². The number of amides is 7. The van der Waals surface area contributed by atoms with Crippen molar-refractivity contribution < 1.29 is 28.8 Å². The van der Waals surface area contributed by atoms with Gasteiger partial charge in [-0.15, -0.1) is 0 Å². The van der Waals surface area contributed by atoms with Crippen LogP contribution in [0.1, 0.15) is 38.7 Å². The highest BCUT2D eigenvalue weighted by atomic mass is 16.2. The van der Waals surface area contributed by atoms with Crippen LogP contribution in [0.3, 0.4) is 0 Å². The van der Waals surface area contributed by atoms with Crippen LogP contribution in [0, 0.1) is 12.8 Å². The smallest absolute Gasteiger partial charge is 0.312 e. The minimum Gasteiger partial charge on any atom is -0.352 e. The highest BCUT2D eigenvalue weighted by Crippen LogP contribution is 2.11. The van der Waals surface area contributed by atoms with E-state index in [9.17, 15) is 28.8 Å². The van der Waals surface area contributed by atoms with Crippen molar-refractivity contribution in [2.75, 3.05) is 18.4 Å². The molecule has 1 aliphatic heterocycles. The summed E-state index contributed by atoms with van der Waals surface area (Å²) in [5.41, 5.74) is 6.65. The summed E-state index contributed by atoms with van der Waals surface area (Å²) in [6, 6.07) is 4.54. The van der Waals surface area contributed by atoms with Crippen LogP contribution in [0.15, 0.2) is 36.4 Å². The van der Waals surface area contributed by atoms with Crippen molar-refractivity contribution in [1.29, 1.82) is 0 Å². The highest BCUT2D eigenvalue weighted by Gasteiger charge is 2.30. The van der Waals surface area contributed by atoms with E-state index in [1.54, 1.807) is 26.0 Å². The van der Waals surface area contributed by atoms with Crippen molar-refractivity contribution in [2.45, 2.75) is 52.1 Å². The van der Waals surface area contributed by atoms with Crippen LogP contribution < -0.4 is 27.0 Å². The Balaban J connectivity index is 2.02. The third kappa shape index (κ3) is 9.39. The lowest BCUT2D eigenvalue weighted by atomic mass is 10.0. The van der Waals surface area contributed by atoms with Gasteiger partial charge in [-0.25, -0.2) is 4.79 Å². The Morgan fingerprint density at radius 2 is 1.57 bits per heavy atom. The molecule has 0 unspecified atom stereocenters. The zero-order valence-corrected chi connectivity index (χ0v) is 21.2. The Morgan fingerprint density at radius 3 is 2.14 bits per heavy atom. The second-order valence-corrected chi connectivity index (χ2v) is 9.05. The summed E-state index contributed by atoms with van der Waals surface area (Å²) in [4.78, 5) is 73.8. The van der Waals surface area contributed by atoms with Gasteiger partial charge >= 0.3 is 6.03 Å². The SMILES string of the molecule is Cc1ccc(NC(=O)[C@H](CCCNC(N)=O)NC(=O)[C@@H](NC(=O)CCN2C(=O)C=CC2=O)C(C)C)cc1. The fourth-order valence-electron chi connectivity index (χ4n) is 3.56. The number of urea groups is 1. The van der Waals surface area contributed by atoms with Crippen LogP contribution in [0.4, 0.5) is 10.5 Å². The van der Waals surface area contributed by atoms with Crippen molar-refractivity contribution in [2.24, 2.45) is 11.7 Å². The Bertz CT molecular complexity index is 1030. The second-order valence-electron chi connectivity index (χ2n) is 9.05. The Hall–Kier alpha value is -4.22. The largest absolute Gasteiger partial charge is 0.352 e. The monoisotopic (exact) mass is 514 g/mol. The summed E-state index contributed by atoms with van der Waals surface area (Å²) in [5, 5.41) is 10.5. The average Bonchev–Trinajstić information content (AvgIpc) is 3.15. The lowest BCUT2D eigenvalue weighted by Crippen LogP contribution is -2.54. The Morgan fingerprint density at radius 1 is 0.946 bits per heavy atom. The number of imide groups is 1. The molecule has 7 amide bonds. The van der Waals surface area contributed by atoms with Gasteiger partial charge in [0, 0.05) is 37.3 Å². The summed E-state index contributed by atoms with van der Waals surface area (Å²) >= 11 is 0. The van der Waals surface area contributed by atoms with E-state index in [2.05, 4.69) is 21.3 Å². The fourth-order valence-corrected chi connectivity index (χ4v) is 3.56. The van der Waals surface area contributed by atoms with E-state index in [1.807, 2.05) is 19.1 Å². The summed E-state index contributed by atoms with van der Waals surface area (Å²) in [7, 11) is 0. The number of benzene rings is 1. The molecule has 0 spiro atoms. The van der Waals surface area contributed by atoms with Crippen molar-refractivity contribution in [1.82, 2.24) is 20.9 Å². The van der Waals surface area contributed by atoms with Crippen LogP contribution in [0.5, 0.6) is 0 Å². The molecular formula is C25H34N6O6. The Labute approximate surface area is 215 Å². The summed E-state index contributed by atoms with van der Waals surface area (Å²) < 4.78 is 0. The molecular weight excluding hydrogens is 480 g/mol. The number of nitrogens with zero attached hydrogens (tertiary/aromatic N) is 1. The molecule has 1 aromatic rings. The van der Waals surface area contributed by atoms with E-state index in [0.717, 1.165) is 22.6 Å². The van der Waals surface area contributed by atoms with Crippen LogP contribution >= 0.6 is 0 Å². The molecule has 0 saturated carbocycles. The normalized spacial score (nSPS) is 14.3. The van der Waals surface area contributed by atoms with Crippen LogP contribution in [0.25, 0.3) is 0 Å². The predicted octanol–water partition coefficient (Wildman–Crippen LogP) is 0.323. The first-order valence-electron chi connectivity index (χ1n) is 12.0. The summed E-state index contributed by atoms with van der Waals surface area (Å²) in [6.07, 6.45) is 2.65. The molecule has 0 radical (unpaired) electrons. The molecule has 6 N–H and O–H groups in total. The molecule has 0 aliphatic carbocycles. The van der Waals surface area contributed by atoms with Gasteiger partial charge in [0.15, 0.2) is 0 Å². The van der Waals surface area contributed by atoms with E-state index in [1.165, 1.54) is 0 Å². The minimum atomic E-state index is -0.964. The van der Waals surface area contributed by atoms with Crippen molar-refractivity contribution in [3.05, 3.63) is 42.0 Å². The zero-order valence-electron chi connectivity index (χ0n) is 21.2. The Kier molecular flexibility index (Phi) is 10.8. The fraction of sp³-hybridized carbons (Fsp3) is 0.440. The van der Waals surface area contributed by atoms with E-state index < -0.39 is 47.7 Å². The van der Waals surface area contributed by atoms with Gasteiger partial charge in [0.05, 0.1) is 0 Å². The lowest BCUT2D eigenvalue weighted by molar-refractivity contribution is -0.137. The van der Waals surface area contributed by atoms with Gasteiger partial charge < -0.3 is 27.0 Å². The van der Waals surface area contributed by atoms with E-state index >= 15 is 0 Å². The van der Waals surface area contributed by atoms with Crippen LogP contribution in [-0.4, -0.2) is 65.6 Å². The predicted molar refractivity (Wildman–Crippen MR) is 136 cm³/mol. The third-order valence-electron chi connectivity index (χ3n) is 5.65. The number of nitrogens with two attached hydrogens (primary N) is 1. The first-order valence-corrected chi connectivity index (χ1v) is 12.0. The van der Waals surface area contributed by atoms with Crippen LogP contribution in [-0.2, 0) is 24.0 Å². The molecule has 0 aromatic heterocycles. The maximum absolute atomic E-state index is 13.1. The summed E-state index contributed by atoms with van der Waals surface area (Å²) in [6.45, 7) is 5.49. The quantitative estimate of drug-likeness (QED) is 0.187. The number of nitrogens with one attached hydrogen (secondary N) is 4. The van der Waals surface area contributed by atoms with Gasteiger partial charge in [-0.2, -0.15) is 0 Å². The second kappa shape index (κ2) is 13.8. The van der Waals surface area contributed by atoms with Gasteiger partial charge in [0.2, 0.25) is 17.7 Å². The molecule has 2 atom stereocenters. The first kappa shape index (κ1) is 29.0. The van der Waals surface area contributed by atoms with Crippen molar-refractivity contribution >= 4 is 41.3 Å². The lowest BCUT2D eigenvalue weighted by Gasteiger charge is -2.25. The zero-order chi connectivity index (χ0) is 27.5. The van der Waals surface area contributed by atoms with E-state index in [-0.39, 0.29) is 31.8 Å². The van der Waals surface area contributed by atoms with Gasteiger partial charge in [-0.3, -0.25) is 28.9 Å². The van der Waals surface area contributed by atoms with Gasteiger partial charge in [-0.05, 0) is 37.8 Å². The standard InChI is InChI=1S/C25H34N6O6/c1-15(2)22(30-19(32)12-14-31-20(33)10-11-21(31)34)24(36)29-18(5-4-13-27-25(26)37)23(35)28-17-8-6-16(3)7-9-17/h6-11,15,18,22H,4-5,12-14H2,1-3H3,(H,28,35)(H,29,36)(H,30,32)(H3,26,27,37)/t18-,22-/m0/s1. The van der Waals surface area contributed by atoms with E-state index in [0.29, 0.717) is 12.1 Å². The number of primary amides is 1. The minimum absolute atomic E-state index is 0.114. The summed E-state index contributed by atoms with van der Waals surface area (Å²) in [5.74, 6) is -2.85. The molecule has 0 fully saturated rings. The maximum Gasteiger partial charge on any atom is 0.312 e. The number of rotatable bonds is 13. The molecule has 0 bridgehead atoms. The van der Waals surface area contributed by atoms with Gasteiger partial charge in [0.25, 0.3) is 11.8 Å². The number of carbonyl (C=O) groups excluding carboxylic acids is 6.